The van der Waals surface area contributed by atoms with Crippen LogP contribution in [0.15, 0.2) is 46.5 Å². The number of rotatable bonds is 10. The van der Waals surface area contributed by atoms with Crippen LogP contribution in [0.25, 0.3) is 0 Å². The third kappa shape index (κ3) is 15.1. The van der Waals surface area contributed by atoms with Crippen LogP contribution in [0.5, 0.6) is 0 Å². The lowest BCUT2D eigenvalue weighted by atomic mass is 9.89. The second kappa shape index (κ2) is 15.8. The molecule has 2 aromatic heterocycles. The van der Waals surface area contributed by atoms with Gasteiger partial charge in [-0.3, -0.25) is 0 Å². The van der Waals surface area contributed by atoms with Crippen molar-refractivity contribution in [3.63, 3.8) is 0 Å². The minimum atomic E-state index is -3.95. The van der Waals surface area contributed by atoms with Crippen LogP contribution < -0.4 is 21.3 Å². The second-order valence-electron chi connectivity index (χ2n) is 14.0. The Kier molecular flexibility index (Phi) is 13.7. The molecule has 268 valence electrons. The molecule has 0 aliphatic heterocycles. The van der Waals surface area contributed by atoms with Crippen LogP contribution in [0.4, 0.5) is 27.8 Å². The molecule has 0 saturated heterocycles. The van der Waals surface area contributed by atoms with Gasteiger partial charge in [0.2, 0.25) is 5.95 Å². The predicted octanol–water partition coefficient (Wildman–Crippen LogP) is 5.66. The number of nitrogens with two attached hydrogens (primary N) is 3. The molecule has 0 bridgehead atoms. The molecule has 17 heteroatoms. The summed E-state index contributed by atoms with van der Waals surface area (Å²) in [6.07, 6.45) is 5.33. The van der Waals surface area contributed by atoms with Gasteiger partial charge in [0, 0.05) is 12.8 Å². The molecule has 0 aromatic carbocycles. The van der Waals surface area contributed by atoms with Gasteiger partial charge in [0.1, 0.15) is 5.82 Å². The van der Waals surface area contributed by atoms with Crippen LogP contribution in [0.3, 0.4) is 0 Å². The number of nitrogens with one attached hydrogen (secondary N) is 1. The maximum absolute atomic E-state index is 14.1. The summed E-state index contributed by atoms with van der Waals surface area (Å²) in [6, 6.07) is 7.45. The van der Waals surface area contributed by atoms with Gasteiger partial charge in [-0.05, 0) is 85.5 Å². The van der Waals surface area contributed by atoms with Crippen molar-refractivity contribution in [2.45, 2.75) is 101 Å². The Morgan fingerprint density at radius 2 is 1.23 bits per heavy atom. The van der Waals surface area contributed by atoms with Crippen molar-refractivity contribution in [3.05, 3.63) is 42.3 Å². The number of sulfonamides is 2. The Hall–Kier alpha value is -2.47. The van der Waals surface area contributed by atoms with Crippen LogP contribution in [-0.4, -0.2) is 51.7 Å². The SMILES string of the molecule is CC1(C)CCC(CC(F)(F)CN)C1.CC1(C)CCC(CC(F)(F)CNc2cccc(S(N)(=O)=O)n2)C1.NS(=O)(=O)c1cccc(F)n1. The van der Waals surface area contributed by atoms with Gasteiger partial charge < -0.3 is 11.1 Å². The first-order valence-electron chi connectivity index (χ1n) is 15.2. The molecule has 47 heavy (non-hydrogen) atoms. The molecule has 2 saturated carbocycles. The monoisotopic (exact) mass is 714 g/mol. The van der Waals surface area contributed by atoms with Crippen molar-refractivity contribution in [2.24, 2.45) is 38.7 Å². The van der Waals surface area contributed by atoms with Gasteiger partial charge in [-0.1, -0.05) is 39.8 Å². The van der Waals surface area contributed by atoms with E-state index in [1.165, 1.54) is 24.3 Å². The molecule has 0 amide bonds. The van der Waals surface area contributed by atoms with Gasteiger partial charge in [-0.25, -0.2) is 54.6 Å². The van der Waals surface area contributed by atoms with E-state index in [0.717, 1.165) is 50.7 Å². The number of pyridine rings is 2. The molecule has 4 rings (SSSR count). The highest BCUT2D eigenvalue weighted by molar-refractivity contribution is 7.89. The number of hydrogen-bond acceptors (Lipinski definition) is 8. The molecule has 2 aliphatic rings. The number of alkyl halides is 4. The van der Waals surface area contributed by atoms with Crippen molar-refractivity contribution < 1.29 is 38.8 Å². The number of anilines is 1. The van der Waals surface area contributed by atoms with Crippen molar-refractivity contribution in [2.75, 3.05) is 18.4 Å². The minimum Gasteiger partial charge on any atom is -0.364 e. The van der Waals surface area contributed by atoms with Crippen LogP contribution in [0, 0.1) is 28.6 Å². The van der Waals surface area contributed by atoms with Crippen molar-refractivity contribution >= 4 is 25.9 Å². The Morgan fingerprint density at radius 1 is 0.787 bits per heavy atom. The number of halogens is 5. The first kappa shape index (κ1) is 40.7. The van der Waals surface area contributed by atoms with Gasteiger partial charge in [0.05, 0.1) is 13.1 Å². The minimum absolute atomic E-state index is 0.0190. The third-order valence-electron chi connectivity index (χ3n) is 8.14. The fourth-order valence-corrected chi connectivity index (χ4v) is 6.93. The summed E-state index contributed by atoms with van der Waals surface area (Å²) in [5, 5.41) is 11.4. The zero-order valence-electron chi connectivity index (χ0n) is 27.2. The highest BCUT2D eigenvalue weighted by Gasteiger charge is 2.39. The molecule has 2 heterocycles. The fourth-order valence-electron chi connectivity index (χ4n) is 5.95. The predicted molar refractivity (Wildman–Crippen MR) is 170 cm³/mol. The van der Waals surface area contributed by atoms with E-state index < -0.39 is 56.0 Å². The standard InChI is InChI=1S/C15H23F2N3O2S.C10H19F2N.C5H5FN2O2S/c1-14(2)7-6-11(8-14)9-15(16,17)10-19-12-4-3-5-13(20-12)23(18,21)22;1-9(2)4-3-8(5-9)6-10(11,12)7-13;6-4-2-1-3-5(8-4)11(7,9)10/h3-5,11H,6-10H2,1-2H3,(H,19,20)(H2,18,21,22);8H,3-7,13H2,1-2H3;1-3H,(H2,7,9,10). The van der Waals surface area contributed by atoms with E-state index in [1.807, 2.05) is 0 Å². The summed E-state index contributed by atoms with van der Waals surface area (Å²) in [7, 11) is -7.83. The molecule has 2 unspecified atom stereocenters. The molecule has 0 radical (unpaired) electrons. The highest BCUT2D eigenvalue weighted by Crippen LogP contribution is 2.45. The Balaban J connectivity index is 0.000000270. The molecule has 10 nitrogen and oxygen atoms in total. The maximum Gasteiger partial charge on any atom is 0.265 e. The number of primary sulfonamides is 2. The van der Waals surface area contributed by atoms with E-state index in [2.05, 4.69) is 48.1 Å². The lowest BCUT2D eigenvalue weighted by Crippen LogP contribution is -2.30. The van der Waals surface area contributed by atoms with Crippen molar-refractivity contribution in [3.8, 4) is 0 Å². The molecule has 0 spiro atoms. The van der Waals surface area contributed by atoms with Gasteiger partial charge >= 0.3 is 0 Å². The topological polar surface area (TPSA) is 184 Å². The largest absolute Gasteiger partial charge is 0.364 e. The molecular formula is C30H47F5N6O4S2. The van der Waals surface area contributed by atoms with E-state index in [1.54, 1.807) is 0 Å². The molecular weight excluding hydrogens is 667 g/mol. The Labute approximate surface area is 274 Å². The summed E-state index contributed by atoms with van der Waals surface area (Å²) in [6.45, 7) is 7.41. The van der Waals surface area contributed by atoms with Gasteiger partial charge in [0.15, 0.2) is 10.1 Å². The zero-order chi connectivity index (χ0) is 35.9. The van der Waals surface area contributed by atoms with Crippen LogP contribution in [0.1, 0.15) is 79.1 Å². The molecule has 2 fully saturated rings. The van der Waals surface area contributed by atoms with Gasteiger partial charge in [-0.2, -0.15) is 4.39 Å². The van der Waals surface area contributed by atoms with E-state index >= 15 is 0 Å². The number of nitrogens with zero attached hydrogens (tertiary/aromatic N) is 2. The van der Waals surface area contributed by atoms with Crippen molar-refractivity contribution in [1.82, 2.24) is 9.97 Å². The van der Waals surface area contributed by atoms with Gasteiger partial charge in [0.25, 0.3) is 31.9 Å². The zero-order valence-corrected chi connectivity index (χ0v) is 28.8. The number of hydrogen-bond donors (Lipinski definition) is 4. The Bertz CT molecular complexity index is 1540. The number of aromatic nitrogens is 2. The smallest absolute Gasteiger partial charge is 0.265 e. The van der Waals surface area contributed by atoms with E-state index in [0.29, 0.717) is 0 Å². The van der Waals surface area contributed by atoms with Crippen molar-refractivity contribution in [1.29, 1.82) is 0 Å². The highest BCUT2D eigenvalue weighted by atomic mass is 32.2. The summed E-state index contributed by atoms with van der Waals surface area (Å²) < 4.78 is 110. The molecule has 2 aliphatic carbocycles. The molecule has 7 N–H and O–H groups in total. The Morgan fingerprint density at radius 3 is 1.62 bits per heavy atom. The third-order valence-corrected chi connectivity index (χ3v) is 9.76. The average molecular weight is 715 g/mol. The normalized spacial score (nSPS) is 20.9. The average Bonchev–Trinajstić information content (AvgIpc) is 3.45. The summed E-state index contributed by atoms with van der Waals surface area (Å²) in [5.41, 5.74) is 5.40. The van der Waals surface area contributed by atoms with Crippen LogP contribution >= 0.6 is 0 Å². The summed E-state index contributed by atoms with van der Waals surface area (Å²) >= 11 is 0. The first-order chi connectivity index (χ1) is 21.3. The lowest BCUT2D eigenvalue weighted by Gasteiger charge is -2.22. The van der Waals surface area contributed by atoms with Gasteiger partial charge in [-0.15, -0.1) is 0 Å². The van der Waals surface area contributed by atoms with Crippen LogP contribution in [0.2, 0.25) is 0 Å². The fraction of sp³-hybridized carbons (Fsp3) is 0.667. The molecule has 2 aromatic rings. The lowest BCUT2D eigenvalue weighted by molar-refractivity contribution is -0.0140. The summed E-state index contributed by atoms with van der Waals surface area (Å²) in [4.78, 5) is 6.81. The quantitative estimate of drug-likeness (QED) is 0.180. The van der Waals surface area contributed by atoms with Crippen LogP contribution in [-0.2, 0) is 20.0 Å². The van der Waals surface area contributed by atoms with E-state index in [4.69, 9.17) is 10.9 Å². The van der Waals surface area contributed by atoms with E-state index in [-0.39, 0.29) is 46.4 Å². The second-order valence-corrected chi connectivity index (χ2v) is 17.0. The molecule has 2 atom stereocenters. The van der Waals surface area contributed by atoms with E-state index in [9.17, 15) is 38.8 Å². The first-order valence-corrected chi connectivity index (χ1v) is 18.3. The maximum atomic E-state index is 14.1. The summed E-state index contributed by atoms with van der Waals surface area (Å²) in [5.74, 6) is -6.12.